The Labute approximate surface area is 233 Å². The number of nitro benzene ring substituents is 1. The van der Waals surface area contributed by atoms with Crippen molar-refractivity contribution >= 4 is 17.6 Å². The number of amides is 1. The van der Waals surface area contributed by atoms with Gasteiger partial charge in [0, 0.05) is 37.8 Å². The van der Waals surface area contributed by atoms with Crippen LogP contribution in [-0.2, 0) is 15.1 Å². The highest BCUT2D eigenvalue weighted by molar-refractivity contribution is 5.98. The van der Waals surface area contributed by atoms with Crippen LogP contribution in [0.3, 0.4) is 0 Å². The summed E-state index contributed by atoms with van der Waals surface area (Å²) in [5, 5.41) is 25.9. The first-order chi connectivity index (χ1) is 19.3. The first-order valence-electron chi connectivity index (χ1n) is 13.7. The molecule has 40 heavy (non-hydrogen) atoms. The lowest BCUT2D eigenvalue weighted by Gasteiger charge is -2.52. The average molecular weight is 545 g/mol. The molecule has 3 aromatic carbocycles. The Morgan fingerprint density at radius 2 is 1.52 bits per heavy atom. The van der Waals surface area contributed by atoms with Crippen LogP contribution in [0.15, 0.2) is 84.9 Å². The summed E-state index contributed by atoms with van der Waals surface area (Å²) in [6.07, 6.45) is 2.23. The van der Waals surface area contributed by atoms with Gasteiger partial charge in [0.1, 0.15) is 12.1 Å². The monoisotopic (exact) mass is 544 g/mol. The van der Waals surface area contributed by atoms with E-state index in [1.807, 2.05) is 12.1 Å². The fourth-order valence-electron chi connectivity index (χ4n) is 6.19. The topological polar surface area (TPSA) is 119 Å². The third-order valence-electron chi connectivity index (χ3n) is 8.42. The van der Waals surface area contributed by atoms with Crippen molar-refractivity contribution in [2.24, 2.45) is 5.92 Å². The fraction of sp³-hybridized carbons (Fsp3) is 0.355. The highest BCUT2D eigenvalue weighted by Gasteiger charge is 2.50. The van der Waals surface area contributed by atoms with E-state index in [1.54, 1.807) is 54.6 Å². The molecule has 0 radical (unpaired) electrons. The van der Waals surface area contributed by atoms with E-state index in [0.29, 0.717) is 30.6 Å². The summed E-state index contributed by atoms with van der Waals surface area (Å²) in [7, 11) is 0. The van der Waals surface area contributed by atoms with E-state index in [-0.39, 0.29) is 23.3 Å². The molecular formula is C31H34N3O6+. The van der Waals surface area contributed by atoms with Crippen molar-refractivity contribution in [3.8, 4) is 0 Å². The molecule has 9 heteroatoms. The molecule has 3 heterocycles. The van der Waals surface area contributed by atoms with Gasteiger partial charge in [-0.3, -0.25) is 14.9 Å². The van der Waals surface area contributed by atoms with Crippen molar-refractivity contribution in [3.05, 3.63) is 112 Å². The van der Waals surface area contributed by atoms with Gasteiger partial charge >= 0.3 is 5.97 Å². The Morgan fingerprint density at radius 3 is 2.12 bits per heavy atom. The summed E-state index contributed by atoms with van der Waals surface area (Å²) in [5.41, 5.74) is -1.15. The third kappa shape index (κ3) is 5.48. The molecule has 208 valence electrons. The SMILES string of the molecule is O=C(NCCC[N+]12CCC(CC1)C(OC(=O)C(O)(c1ccccc1)c1ccccc1)C2)c1ccccc1[N+](=O)[O-]. The normalized spacial score (nSPS) is 21.9. The van der Waals surface area contributed by atoms with Crippen LogP contribution in [-0.4, -0.2) is 65.2 Å². The Bertz CT molecular complexity index is 1320. The first-order valence-corrected chi connectivity index (χ1v) is 13.7. The van der Waals surface area contributed by atoms with E-state index in [2.05, 4.69) is 5.32 Å². The Morgan fingerprint density at radius 1 is 0.950 bits per heavy atom. The van der Waals surface area contributed by atoms with E-state index in [4.69, 9.17) is 4.74 Å². The van der Waals surface area contributed by atoms with Crippen molar-refractivity contribution in [3.63, 3.8) is 0 Å². The number of carbonyl (C=O) groups is 2. The number of hydrogen-bond donors (Lipinski definition) is 2. The van der Waals surface area contributed by atoms with Gasteiger partial charge in [-0.2, -0.15) is 0 Å². The molecule has 3 aliphatic rings. The summed E-state index contributed by atoms with van der Waals surface area (Å²) >= 11 is 0. The number of carbonyl (C=O) groups excluding carboxylic acids is 2. The summed E-state index contributed by atoms with van der Waals surface area (Å²) < 4.78 is 6.91. The molecule has 0 saturated carbocycles. The maximum absolute atomic E-state index is 13.7. The number of rotatable bonds is 10. The summed E-state index contributed by atoms with van der Waals surface area (Å²) in [6, 6.07) is 23.7. The van der Waals surface area contributed by atoms with Crippen LogP contribution in [0.5, 0.6) is 0 Å². The second-order valence-electron chi connectivity index (χ2n) is 10.8. The zero-order valence-corrected chi connectivity index (χ0v) is 22.3. The number of benzene rings is 3. The third-order valence-corrected chi connectivity index (χ3v) is 8.42. The first kappa shape index (κ1) is 27.5. The lowest BCUT2D eigenvalue weighted by atomic mass is 9.82. The van der Waals surface area contributed by atoms with Crippen molar-refractivity contribution in [1.29, 1.82) is 0 Å². The molecule has 1 amide bonds. The molecule has 3 aromatic rings. The van der Waals surface area contributed by atoms with Crippen LogP contribution < -0.4 is 5.32 Å². The standard InChI is InChI=1S/C31H33N3O6/c35-29(26-14-7-8-15-27(26)33(38)39)32-18-9-19-34-20-16-23(17-21-34)28(22-34)40-30(36)31(37,24-10-3-1-4-11-24)25-12-5-2-6-13-25/h1-8,10-15,23,28,37H,9,16-22H2/p+1. The van der Waals surface area contributed by atoms with E-state index < -0.39 is 22.4 Å². The highest BCUT2D eigenvalue weighted by atomic mass is 16.6. The van der Waals surface area contributed by atoms with Gasteiger partial charge in [0.25, 0.3) is 11.6 Å². The molecule has 9 nitrogen and oxygen atoms in total. The second kappa shape index (κ2) is 11.6. The summed E-state index contributed by atoms with van der Waals surface area (Å²) in [4.78, 5) is 37.0. The number of nitrogens with one attached hydrogen (secondary N) is 1. The molecule has 6 rings (SSSR count). The molecule has 0 aliphatic carbocycles. The summed E-state index contributed by atoms with van der Waals surface area (Å²) in [6.45, 7) is 3.78. The van der Waals surface area contributed by atoms with Crippen LogP contribution in [0.4, 0.5) is 5.69 Å². The zero-order chi connectivity index (χ0) is 28.2. The van der Waals surface area contributed by atoms with Crippen LogP contribution in [0, 0.1) is 16.0 Å². The molecule has 0 aromatic heterocycles. The number of para-hydroxylation sites is 1. The molecule has 2 N–H and O–H groups in total. The largest absolute Gasteiger partial charge is 0.453 e. The van der Waals surface area contributed by atoms with Crippen LogP contribution in [0.1, 0.15) is 40.7 Å². The molecule has 3 aliphatic heterocycles. The zero-order valence-electron chi connectivity index (χ0n) is 22.3. The van der Waals surface area contributed by atoms with E-state index >= 15 is 0 Å². The van der Waals surface area contributed by atoms with Crippen molar-refractivity contribution in [2.75, 3.05) is 32.7 Å². The molecule has 2 bridgehead atoms. The number of aliphatic hydroxyl groups is 1. The van der Waals surface area contributed by atoms with Gasteiger partial charge < -0.3 is 19.6 Å². The molecular weight excluding hydrogens is 510 g/mol. The number of hydrogen-bond acceptors (Lipinski definition) is 6. The van der Waals surface area contributed by atoms with Crippen molar-refractivity contribution < 1.29 is 28.8 Å². The molecule has 1 atom stereocenters. The van der Waals surface area contributed by atoms with E-state index in [9.17, 15) is 24.8 Å². The maximum Gasteiger partial charge on any atom is 0.348 e. The predicted molar refractivity (Wildman–Crippen MR) is 148 cm³/mol. The number of nitrogens with zero attached hydrogens (tertiary/aromatic N) is 2. The number of quaternary nitrogens is 1. The molecule has 1 unspecified atom stereocenters. The van der Waals surface area contributed by atoms with Crippen LogP contribution >= 0.6 is 0 Å². The van der Waals surface area contributed by atoms with Gasteiger partial charge in [-0.25, -0.2) is 4.79 Å². The van der Waals surface area contributed by atoms with Crippen LogP contribution in [0.2, 0.25) is 0 Å². The highest BCUT2D eigenvalue weighted by Crippen LogP contribution is 2.38. The number of esters is 1. The van der Waals surface area contributed by atoms with Gasteiger partial charge in [0.2, 0.25) is 5.60 Å². The smallest absolute Gasteiger partial charge is 0.348 e. The number of nitro groups is 1. The fourth-order valence-corrected chi connectivity index (χ4v) is 6.19. The van der Waals surface area contributed by atoms with Crippen molar-refractivity contribution in [2.45, 2.75) is 31.0 Å². The van der Waals surface area contributed by atoms with E-state index in [1.165, 1.54) is 18.2 Å². The number of fused-ring (bicyclic) bond motifs is 3. The predicted octanol–water partition coefficient (Wildman–Crippen LogP) is 3.80. The molecule has 3 saturated heterocycles. The average Bonchev–Trinajstić information content (AvgIpc) is 3.00. The van der Waals surface area contributed by atoms with Gasteiger partial charge in [-0.15, -0.1) is 0 Å². The minimum Gasteiger partial charge on any atom is -0.453 e. The minimum absolute atomic E-state index is 0.0506. The Kier molecular flexibility index (Phi) is 7.95. The number of ether oxygens (including phenoxy) is 1. The van der Waals surface area contributed by atoms with Gasteiger partial charge in [-0.05, 0) is 17.2 Å². The second-order valence-corrected chi connectivity index (χ2v) is 10.8. The minimum atomic E-state index is -1.91. The maximum atomic E-state index is 13.7. The van der Waals surface area contributed by atoms with Gasteiger partial charge in [-0.1, -0.05) is 72.8 Å². The lowest BCUT2D eigenvalue weighted by molar-refractivity contribution is -0.946. The lowest BCUT2D eigenvalue weighted by Crippen LogP contribution is -2.65. The quantitative estimate of drug-likeness (QED) is 0.132. The molecule has 3 fully saturated rings. The van der Waals surface area contributed by atoms with Crippen LogP contribution in [0.25, 0.3) is 0 Å². The van der Waals surface area contributed by atoms with Gasteiger partial charge in [0.05, 0.1) is 24.6 Å². The van der Waals surface area contributed by atoms with Gasteiger partial charge in [0.15, 0.2) is 6.10 Å². The number of piperidine rings is 3. The summed E-state index contributed by atoms with van der Waals surface area (Å²) in [5.74, 6) is -0.880. The van der Waals surface area contributed by atoms with Crippen molar-refractivity contribution in [1.82, 2.24) is 5.32 Å². The Balaban J connectivity index is 1.23. The van der Waals surface area contributed by atoms with E-state index in [0.717, 1.165) is 37.0 Å². The Hall–Kier alpha value is -4.08. The molecule has 0 spiro atoms.